The maximum absolute atomic E-state index is 13.2. The van der Waals surface area contributed by atoms with E-state index in [2.05, 4.69) is 20.4 Å². The van der Waals surface area contributed by atoms with Crippen LogP contribution in [0.4, 0.5) is 14.9 Å². The molecule has 2 aromatic carbocycles. The first kappa shape index (κ1) is 23.1. The minimum absolute atomic E-state index is 0.224. The number of piperazine rings is 1. The fraction of sp³-hybridized carbons (Fsp3) is 0.333. The molecule has 4 rings (SSSR count). The smallest absolute Gasteiger partial charge is 0.338 e. The predicted molar refractivity (Wildman–Crippen MR) is 125 cm³/mol. The van der Waals surface area contributed by atoms with E-state index in [4.69, 9.17) is 16.3 Å². The van der Waals surface area contributed by atoms with Crippen LogP contribution >= 0.6 is 11.6 Å². The van der Waals surface area contributed by atoms with Crippen LogP contribution in [-0.2, 0) is 9.53 Å². The fourth-order valence-corrected chi connectivity index (χ4v) is 4.37. The molecule has 1 atom stereocenters. The van der Waals surface area contributed by atoms with E-state index >= 15 is 0 Å². The van der Waals surface area contributed by atoms with Crippen LogP contribution in [0.2, 0.25) is 5.02 Å². The van der Waals surface area contributed by atoms with Crippen molar-refractivity contribution in [3.05, 3.63) is 76.2 Å². The lowest BCUT2D eigenvalue weighted by Gasteiger charge is -2.38. The Morgan fingerprint density at radius 3 is 2.55 bits per heavy atom. The second kappa shape index (κ2) is 10.2. The molecule has 2 N–H and O–H groups in total. The lowest BCUT2D eigenvalue weighted by molar-refractivity contribution is -0.139. The van der Waals surface area contributed by atoms with Crippen molar-refractivity contribution in [1.29, 1.82) is 0 Å². The topological polar surface area (TPSA) is 73.9 Å². The lowest BCUT2D eigenvalue weighted by Crippen LogP contribution is -2.51. The van der Waals surface area contributed by atoms with Gasteiger partial charge < -0.3 is 20.3 Å². The van der Waals surface area contributed by atoms with Gasteiger partial charge in [0, 0.05) is 49.1 Å². The highest BCUT2D eigenvalue weighted by Gasteiger charge is 2.34. The van der Waals surface area contributed by atoms with Gasteiger partial charge >= 0.3 is 12.0 Å². The maximum atomic E-state index is 13.2. The van der Waals surface area contributed by atoms with Crippen LogP contribution in [0.5, 0.6) is 0 Å². The predicted octanol–water partition coefficient (Wildman–Crippen LogP) is 3.47. The number of hydrogen-bond donors (Lipinski definition) is 2. The van der Waals surface area contributed by atoms with E-state index < -0.39 is 12.0 Å². The number of nitrogens with zero attached hydrogens (tertiary/aromatic N) is 2. The zero-order chi connectivity index (χ0) is 23.4. The average Bonchev–Trinajstić information content (AvgIpc) is 2.80. The summed E-state index contributed by atoms with van der Waals surface area (Å²) in [5.74, 6) is -0.735. The molecular weight excluding hydrogens is 447 g/mol. The van der Waals surface area contributed by atoms with Crippen LogP contribution in [0.3, 0.4) is 0 Å². The number of ether oxygens (including phenoxy) is 1. The summed E-state index contributed by atoms with van der Waals surface area (Å²) >= 11 is 6.16. The standard InChI is InChI=1S/C24H26ClFN4O3/c1-2-33-23(31)21-20(27-24(32)28-22(21)16-4-3-5-17(25)14-16)15-29-10-12-30(13-11-29)19-8-6-18(26)7-9-19/h3-9,14,22H,2,10-13,15H2,1H3,(H2,27,28,32)/t22-/m0/s1. The number of hydrogen-bond acceptors (Lipinski definition) is 5. The minimum Gasteiger partial charge on any atom is -0.463 e. The molecule has 0 aliphatic carbocycles. The summed E-state index contributed by atoms with van der Waals surface area (Å²) in [6.07, 6.45) is 0. The van der Waals surface area contributed by atoms with Gasteiger partial charge in [0.05, 0.1) is 18.2 Å². The summed E-state index contributed by atoms with van der Waals surface area (Å²) in [6.45, 7) is 5.31. The molecule has 2 aliphatic heterocycles. The quantitative estimate of drug-likeness (QED) is 0.630. The molecule has 33 heavy (non-hydrogen) atoms. The first-order valence-electron chi connectivity index (χ1n) is 10.9. The third-order valence-electron chi connectivity index (χ3n) is 5.78. The number of benzene rings is 2. The van der Waals surface area contributed by atoms with E-state index in [1.54, 1.807) is 37.3 Å². The van der Waals surface area contributed by atoms with Crippen LogP contribution in [0.1, 0.15) is 18.5 Å². The van der Waals surface area contributed by atoms with Crippen molar-refractivity contribution < 1.29 is 18.7 Å². The van der Waals surface area contributed by atoms with E-state index in [1.807, 2.05) is 6.07 Å². The molecular formula is C24H26ClFN4O3. The van der Waals surface area contributed by atoms with Gasteiger partial charge in [-0.3, -0.25) is 4.90 Å². The Labute approximate surface area is 197 Å². The van der Waals surface area contributed by atoms with E-state index in [0.717, 1.165) is 31.9 Å². The maximum Gasteiger partial charge on any atom is 0.338 e. The number of nitrogens with one attached hydrogen (secondary N) is 2. The summed E-state index contributed by atoms with van der Waals surface area (Å²) in [7, 11) is 0. The van der Waals surface area contributed by atoms with Crippen LogP contribution in [0.25, 0.3) is 0 Å². The molecule has 9 heteroatoms. The third-order valence-corrected chi connectivity index (χ3v) is 6.01. The zero-order valence-corrected chi connectivity index (χ0v) is 19.1. The van der Waals surface area contributed by atoms with Crippen LogP contribution in [-0.4, -0.2) is 56.2 Å². The minimum atomic E-state index is -0.660. The Morgan fingerprint density at radius 2 is 1.88 bits per heavy atom. The normalized spacial score (nSPS) is 19.2. The van der Waals surface area contributed by atoms with Crippen LogP contribution < -0.4 is 15.5 Å². The fourth-order valence-electron chi connectivity index (χ4n) is 4.17. The molecule has 0 bridgehead atoms. The monoisotopic (exact) mass is 472 g/mol. The van der Waals surface area contributed by atoms with Gasteiger partial charge in [0.15, 0.2) is 0 Å². The molecule has 174 valence electrons. The number of carbonyl (C=O) groups is 2. The molecule has 2 aliphatic rings. The van der Waals surface area contributed by atoms with E-state index in [9.17, 15) is 14.0 Å². The second-order valence-electron chi connectivity index (χ2n) is 7.94. The Kier molecular flexibility index (Phi) is 7.15. The number of carbonyl (C=O) groups excluding carboxylic acids is 2. The van der Waals surface area contributed by atoms with Crippen molar-refractivity contribution in [2.45, 2.75) is 13.0 Å². The van der Waals surface area contributed by atoms with Crippen molar-refractivity contribution in [1.82, 2.24) is 15.5 Å². The van der Waals surface area contributed by atoms with E-state index in [0.29, 0.717) is 28.4 Å². The summed E-state index contributed by atoms with van der Waals surface area (Å²) in [6, 6.07) is 12.5. The van der Waals surface area contributed by atoms with Gasteiger partial charge in [0.25, 0.3) is 0 Å². The molecule has 2 heterocycles. The molecule has 0 radical (unpaired) electrons. The Hall–Kier alpha value is -3.10. The van der Waals surface area contributed by atoms with Gasteiger partial charge in [-0.25, -0.2) is 14.0 Å². The molecule has 7 nitrogen and oxygen atoms in total. The van der Waals surface area contributed by atoms with E-state index in [1.165, 1.54) is 12.1 Å². The molecule has 0 unspecified atom stereocenters. The van der Waals surface area contributed by atoms with Crippen LogP contribution in [0, 0.1) is 5.82 Å². The van der Waals surface area contributed by atoms with E-state index in [-0.39, 0.29) is 18.5 Å². The van der Waals surface area contributed by atoms with Gasteiger partial charge in [-0.2, -0.15) is 0 Å². The summed E-state index contributed by atoms with van der Waals surface area (Å²) < 4.78 is 18.5. The number of amides is 2. The number of anilines is 1. The lowest BCUT2D eigenvalue weighted by atomic mass is 9.95. The van der Waals surface area contributed by atoms with Crippen LogP contribution in [0.15, 0.2) is 59.8 Å². The number of rotatable bonds is 6. The third kappa shape index (κ3) is 5.46. The number of urea groups is 1. The molecule has 2 amide bonds. The van der Waals surface area contributed by atoms with Gasteiger partial charge in [0.1, 0.15) is 5.82 Å². The largest absolute Gasteiger partial charge is 0.463 e. The SMILES string of the molecule is CCOC(=O)C1=C(CN2CCN(c3ccc(F)cc3)CC2)NC(=O)N[C@H]1c1cccc(Cl)c1. The molecule has 0 saturated carbocycles. The van der Waals surface area contributed by atoms with Gasteiger partial charge in [0.2, 0.25) is 0 Å². The zero-order valence-electron chi connectivity index (χ0n) is 18.3. The van der Waals surface area contributed by atoms with Gasteiger partial charge in [-0.1, -0.05) is 23.7 Å². The first-order chi connectivity index (χ1) is 15.9. The highest BCUT2D eigenvalue weighted by molar-refractivity contribution is 6.30. The Morgan fingerprint density at radius 1 is 1.15 bits per heavy atom. The average molecular weight is 473 g/mol. The Bertz CT molecular complexity index is 1050. The number of halogens is 2. The summed E-state index contributed by atoms with van der Waals surface area (Å²) in [4.78, 5) is 29.8. The first-order valence-corrected chi connectivity index (χ1v) is 11.3. The highest BCUT2D eigenvalue weighted by atomic mass is 35.5. The molecule has 0 spiro atoms. The van der Waals surface area contributed by atoms with Crippen molar-refractivity contribution in [2.24, 2.45) is 0 Å². The van der Waals surface area contributed by atoms with Crippen molar-refractivity contribution >= 4 is 29.3 Å². The molecule has 1 saturated heterocycles. The molecule has 2 aromatic rings. The van der Waals surface area contributed by atoms with Crippen molar-refractivity contribution in [3.63, 3.8) is 0 Å². The second-order valence-corrected chi connectivity index (χ2v) is 8.38. The van der Waals surface area contributed by atoms with Gasteiger partial charge in [-0.05, 0) is 48.9 Å². The molecule has 1 fully saturated rings. The molecule has 0 aromatic heterocycles. The highest BCUT2D eigenvalue weighted by Crippen LogP contribution is 2.30. The summed E-state index contributed by atoms with van der Waals surface area (Å²) in [5, 5.41) is 6.16. The summed E-state index contributed by atoms with van der Waals surface area (Å²) in [5.41, 5.74) is 2.58. The number of esters is 1. The Balaban J connectivity index is 1.55. The van der Waals surface area contributed by atoms with Crippen molar-refractivity contribution in [2.75, 3.05) is 44.2 Å². The van der Waals surface area contributed by atoms with Crippen molar-refractivity contribution in [3.8, 4) is 0 Å². The van der Waals surface area contributed by atoms with Gasteiger partial charge in [-0.15, -0.1) is 0 Å².